The van der Waals surface area contributed by atoms with Crippen LogP contribution in [-0.2, 0) is 26.4 Å². The lowest BCUT2D eigenvalue weighted by atomic mass is 9.85. The van der Waals surface area contributed by atoms with Crippen molar-refractivity contribution in [3.8, 4) is 0 Å². The first-order valence-electron chi connectivity index (χ1n) is 10.8. The van der Waals surface area contributed by atoms with Crippen molar-refractivity contribution in [3.63, 3.8) is 0 Å². The lowest BCUT2D eigenvalue weighted by molar-refractivity contribution is -0.147. The third-order valence-electron chi connectivity index (χ3n) is 5.02. The fraction of sp³-hybridized carbons (Fsp3) is 0.440. The third kappa shape index (κ3) is 8.73. The predicted octanol–water partition coefficient (Wildman–Crippen LogP) is 7.51. The zero-order valence-electron chi connectivity index (χ0n) is 20.2. The number of carbonyl (C=O) groups excluding carboxylic acids is 2. The van der Waals surface area contributed by atoms with Crippen LogP contribution in [0.5, 0.6) is 0 Å². The molecule has 3 unspecified atom stereocenters. The average molecular weight is 537 g/mol. The maximum Gasteiger partial charge on any atom is 0.417 e. The summed E-state index contributed by atoms with van der Waals surface area (Å²) in [4.78, 5) is 26.2. The minimum atomic E-state index is -5.25. The van der Waals surface area contributed by atoms with Gasteiger partial charge < -0.3 is 4.74 Å². The van der Waals surface area contributed by atoms with E-state index in [4.69, 9.17) is 9.30 Å². The molecule has 11 heteroatoms. The van der Waals surface area contributed by atoms with Crippen LogP contribution in [-0.4, -0.2) is 18.4 Å². The molecule has 2 aromatic rings. The van der Waals surface area contributed by atoms with Crippen molar-refractivity contribution in [2.45, 2.75) is 52.4 Å². The topological polar surface area (TPSA) is 60.4 Å². The monoisotopic (exact) mass is 537 g/mol. The van der Waals surface area contributed by atoms with Crippen LogP contribution < -0.4 is 0 Å². The number of halogens is 6. The van der Waals surface area contributed by atoms with E-state index in [1.54, 1.807) is 6.92 Å². The van der Waals surface area contributed by atoms with Gasteiger partial charge in [0.15, 0.2) is 5.78 Å². The van der Waals surface area contributed by atoms with Gasteiger partial charge in [-0.25, -0.2) is 0 Å². The van der Waals surface area contributed by atoms with E-state index in [0.717, 1.165) is 0 Å². The molecule has 0 aliphatic rings. The Hall–Kier alpha value is -2.74. The number of ketones is 1. The lowest BCUT2D eigenvalue weighted by Gasteiger charge is -2.24. The molecule has 0 radical (unpaired) electrons. The Morgan fingerprint density at radius 1 is 0.833 bits per heavy atom. The molecule has 0 aliphatic heterocycles. The van der Waals surface area contributed by atoms with Gasteiger partial charge in [0.25, 0.3) is 0 Å². The molecule has 0 heterocycles. The van der Waals surface area contributed by atoms with E-state index in [0.29, 0.717) is 24.6 Å². The lowest BCUT2D eigenvalue weighted by Crippen LogP contribution is -2.30. The first-order chi connectivity index (χ1) is 16.5. The minimum absolute atomic E-state index is 0.0638. The molecule has 2 aromatic carbocycles. The number of benzene rings is 2. The van der Waals surface area contributed by atoms with Crippen LogP contribution in [0.2, 0.25) is 0 Å². The molecule has 0 fully saturated rings. The molecule has 4 nitrogen and oxygen atoms in total. The standard InChI is InChI=1S/C25H26F6O3.H2OP/c1-15(13-23(2,3)4)14-34-22(33)19(16-9-6-5-7-10-16)21(32)20-17(24(26,27)28)11-8-12-18(20)25(29,30)31;1-2/h5-12,15,19H,13-14H2,1-4H3;2H2/q;+1. The van der Waals surface area contributed by atoms with Crippen LogP contribution in [0.3, 0.4) is 0 Å². The molecule has 0 amide bonds. The minimum Gasteiger partial charge on any atom is -0.465 e. The van der Waals surface area contributed by atoms with E-state index in [9.17, 15) is 35.9 Å². The number of alkyl halides is 6. The van der Waals surface area contributed by atoms with E-state index < -0.39 is 46.7 Å². The molecule has 0 spiro atoms. The Labute approximate surface area is 207 Å². The molecule has 2 rings (SSSR count). The summed E-state index contributed by atoms with van der Waals surface area (Å²) in [5, 5.41) is 0. The molecule has 3 atom stereocenters. The number of ether oxygens (including phenoxy) is 1. The van der Waals surface area contributed by atoms with Crippen LogP contribution >= 0.6 is 9.12 Å². The summed E-state index contributed by atoms with van der Waals surface area (Å²) in [6.45, 7) is 7.55. The second-order valence-electron chi connectivity index (χ2n) is 9.43. The zero-order chi connectivity index (χ0) is 27.9. The quantitative estimate of drug-likeness (QED) is 0.121. The fourth-order valence-electron chi connectivity index (χ4n) is 3.89. The molecule has 0 N–H and O–H groups in total. The SMILES string of the molecule is CC(COC(=O)C(C(=O)c1c(C(F)(F)F)cccc1C(F)(F)F)c1ccccc1)CC(C)(C)C.O=[PH2+]. The Kier molecular flexibility index (Phi) is 10.8. The van der Waals surface area contributed by atoms with E-state index >= 15 is 0 Å². The van der Waals surface area contributed by atoms with Gasteiger partial charge in [-0.2, -0.15) is 26.3 Å². The van der Waals surface area contributed by atoms with Gasteiger partial charge in [0.05, 0.1) is 17.7 Å². The summed E-state index contributed by atoms with van der Waals surface area (Å²) in [7, 11) is 1.17. The highest BCUT2D eigenvalue weighted by atomic mass is 31.0. The van der Waals surface area contributed by atoms with E-state index in [2.05, 4.69) is 0 Å². The van der Waals surface area contributed by atoms with Crippen LogP contribution in [0, 0.1) is 11.3 Å². The molecule has 0 aromatic heterocycles. The molecular formula is C25H28F6O4P+. The van der Waals surface area contributed by atoms with Crippen LogP contribution in [0.15, 0.2) is 48.5 Å². The van der Waals surface area contributed by atoms with Crippen molar-refractivity contribution in [1.29, 1.82) is 0 Å². The highest BCUT2D eigenvalue weighted by Crippen LogP contribution is 2.41. The summed E-state index contributed by atoms with van der Waals surface area (Å²) in [6, 6.07) is 8.30. The maximum atomic E-state index is 13.6. The number of hydrogen-bond acceptors (Lipinski definition) is 4. The molecule has 198 valence electrons. The van der Waals surface area contributed by atoms with Gasteiger partial charge in [-0.15, -0.1) is 0 Å². The Bertz CT molecular complexity index is 997. The second-order valence-corrected chi connectivity index (χ2v) is 9.43. The summed E-state index contributed by atoms with van der Waals surface area (Å²) >= 11 is 0. The molecular weight excluding hydrogens is 509 g/mol. The van der Waals surface area contributed by atoms with E-state index in [1.165, 1.54) is 39.5 Å². The fourth-order valence-corrected chi connectivity index (χ4v) is 3.89. The van der Waals surface area contributed by atoms with Gasteiger partial charge in [0.2, 0.25) is 0 Å². The first-order valence-corrected chi connectivity index (χ1v) is 11.3. The number of rotatable bonds is 7. The Balaban J connectivity index is 0.00000316. The predicted molar refractivity (Wildman–Crippen MR) is 125 cm³/mol. The van der Waals surface area contributed by atoms with E-state index in [-0.39, 0.29) is 23.5 Å². The van der Waals surface area contributed by atoms with Crippen molar-refractivity contribution < 1.29 is 45.2 Å². The van der Waals surface area contributed by atoms with Crippen molar-refractivity contribution in [1.82, 2.24) is 0 Å². The smallest absolute Gasteiger partial charge is 0.417 e. The van der Waals surface area contributed by atoms with E-state index in [1.807, 2.05) is 20.8 Å². The highest BCUT2D eigenvalue weighted by molar-refractivity contribution is 7.00. The Morgan fingerprint density at radius 3 is 1.72 bits per heavy atom. The first kappa shape index (κ1) is 31.3. The van der Waals surface area contributed by atoms with Gasteiger partial charge in [-0.1, -0.05) is 68.7 Å². The van der Waals surface area contributed by atoms with Gasteiger partial charge in [0.1, 0.15) is 5.92 Å². The van der Waals surface area contributed by atoms with Crippen molar-refractivity contribution in [2.75, 3.05) is 6.61 Å². The summed E-state index contributed by atoms with van der Waals surface area (Å²) in [5.41, 5.74) is -5.29. The number of carbonyl (C=O) groups is 2. The maximum absolute atomic E-state index is 13.6. The van der Waals surface area contributed by atoms with Crippen LogP contribution in [0.25, 0.3) is 0 Å². The highest BCUT2D eigenvalue weighted by Gasteiger charge is 2.45. The molecule has 0 saturated heterocycles. The number of esters is 1. The van der Waals surface area contributed by atoms with Gasteiger partial charge in [-0.3, -0.25) is 9.59 Å². The number of Topliss-reactive ketones (excluding diaryl/α,β-unsaturated/α-hetero) is 1. The number of hydrogen-bond donors (Lipinski definition) is 0. The molecule has 0 aliphatic carbocycles. The normalized spacial score (nSPS) is 13.7. The van der Waals surface area contributed by atoms with Crippen molar-refractivity contribution in [2.24, 2.45) is 11.3 Å². The van der Waals surface area contributed by atoms with Crippen molar-refractivity contribution >= 4 is 20.9 Å². The van der Waals surface area contributed by atoms with Crippen LogP contribution in [0.4, 0.5) is 26.3 Å². The van der Waals surface area contributed by atoms with Gasteiger partial charge in [-0.05, 0) is 35.4 Å². The molecule has 0 saturated carbocycles. The molecule has 36 heavy (non-hydrogen) atoms. The second kappa shape index (κ2) is 12.5. The van der Waals surface area contributed by atoms with Gasteiger partial charge >= 0.3 is 27.4 Å². The zero-order valence-corrected chi connectivity index (χ0v) is 21.3. The summed E-state index contributed by atoms with van der Waals surface area (Å²) < 4.78 is 95.1. The van der Waals surface area contributed by atoms with Gasteiger partial charge in [0, 0.05) is 5.56 Å². The summed E-state index contributed by atoms with van der Waals surface area (Å²) in [6.07, 6.45) is -9.86. The average Bonchev–Trinajstić information content (AvgIpc) is 2.77. The van der Waals surface area contributed by atoms with Crippen molar-refractivity contribution in [3.05, 3.63) is 70.8 Å². The third-order valence-corrected chi connectivity index (χ3v) is 5.02. The largest absolute Gasteiger partial charge is 0.465 e. The summed E-state index contributed by atoms with van der Waals surface area (Å²) in [5.74, 6) is -4.97. The molecule has 0 bridgehead atoms. The Morgan fingerprint density at radius 2 is 1.31 bits per heavy atom. The van der Waals surface area contributed by atoms with Crippen LogP contribution in [0.1, 0.15) is 67.1 Å².